The Kier molecular flexibility index (Phi) is 9.25. The number of para-hydroxylation sites is 1. The molecular weight excluding hydrogens is 670 g/mol. The zero-order valence-corrected chi connectivity index (χ0v) is 30.3. The molecule has 9 rings (SSSR count). The van der Waals surface area contributed by atoms with Crippen LogP contribution in [-0.2, 0) is 16.1 Å². The third-order valence-corrected chi connectivity index (χ3v) is 12.6. The predicted octanol–water partition coefficient (Wildman–Crippen LogP) is 2.87. The molecule has 7 heterocycles. The number of hydrogen-bond acceptors (Lipinski definition) is 11. The van der Waals surface area contributed by atoms with E-state index in [1.165, 1.54) is 24.9 Å². The van der Waals surface area contributed by atoms with Crippen LogP contribution < -0.4 is 15.5 Å². The molecule has 278 valence electrons. The molecule has 3 atom stereocenters. The molecule has 6 aliphatic heterocycles. The third-order valence-electron chi connectivity index (χ3n) is 12.6. The quantitative estimate of drug-likeness (QED) is 0.297. The Labute approximate surface area is 310 Å². The van der Waals surface area contributed by atoms with Crippen LogP contribution >= 0.6 is 0 Å². The number of benzene rings is 2. The van der Waals surface area contributed by atoms with Gasteiger partial charge in [0, 0.05) is 62.9 Å². The van der Waals surface area contributed by atoms with Crippen LogP contribution in [0.2, 0.25) is 0 Å². The SMILES string of the molecule is O=C1CCC(N2Cc3cc(C4CCN(C5CCN(CCCN6CCN7c8cc(-c9ccccc9O)nnc8NCC7C6)C5)CC4)ccc3C2=O)C(=O)N1. The average Bonchev–Trinajstić information content (AvgIpc) is 3.78. The van der Waals surface area contributed by atoms with Crippen molar-refractivity contribution < 1.29 is 19.5 Å². The van der Waals surface area contributed by atoms with Crippen molar-refractivity contribution in [3.63, 3.8) is 0 Å². The highest BCUT2D eigenvalue weighted by molar-refractivity contribution is 6.05. The minimum absolute atomic E-state index is 0.103. The molecule has 3 aromatic rings. The lowest BCUT2D eigenvalue weighted by atomic mass is 9.87. The average molecular weight is 720 g/mol. The molecule has 3 unspecified atom stereocenters. The number of anilines is 2. The number of hydrogen-bond donors (Lipinski definition) is 3. The van der Waals surface area contributed by atoms with Gasteiger partial charge in [0.05, 0.1) is 17.4 Å². The molecule has 4 fully saturated rings. The van der Waals surface area contributed by atoms with Crippen LogP contribution in [0.25, 0.3) is 11.3 Å². The number of phenols is 1. The number of imide groups is 1. The Morgan fingerprint density at radius 2 is 1.60 bits per heavy atom. The normalized spacial score (nSPS) is 25.6. The first-order valence-corrected chi connectivity index (χ1v) is 19.5. The van der Waals surface area contributed by atoms with E-state index in [-0.39, 0.29) is 29.9 Å². The molecule has 0 saturated carbocycles. The zero-order valence-electron chi connectivity index (χ0n) is 30.3. The molecule has 13 heteroatoms. The topological polar surface area (TPSA) is 137 Å². The van der Waals surface area contributed by atoms with Gasteiger partial charge in [0.2, 0.25) is 11.8 Å². The van der Waals surface area contributed by atoms with Crippen molar-refractivity contribution in [3.8, 4) is 17.0 Å². The summed E-state index contributed by atoms with van der Waals surface area (Å²) < 4.78 is 0. The van der Waals surface area contributed by atoms with Crippen LogP contribution in [0, 0.1) is 0 Å². The number of rotatable bonds is 8. The van der Waals surface area contributed by atoms with Gasteiger partial charge >= 0.3 is 0 Å². The van der Waals surface area contributed by atoms with Gasteiger partial charge in [0.1, 0.15) is 11.8 Å². The largest absolute Gasteiger partial charge is 0.507 e. The monoisotopic (exact) mass is 719 g/mol. The number of likely N-dealkylation sites (tertiary alicyclic amines) is 2. The highest BCUT2D eigenvalue weighted by Crippen LogP contribution is 2.37. The second-order valence-corrected chi connectivity index (χ2v) is 15.7. The lowest BCUT2D eigenvalue weighted by Gasteiger charge is -2.46. The van der Waals surface area contributed by atoms with Gasteiger partial charge in [-0.3, -0.25) is 29.5 Å². The zero-order chi connectivity index (χ0) is 36.1. The first kappa shape index (κ1) is 34.2. The molecule has 13 nitrogen and oxygen atoms in total. The van der Waals surface area contributed by atoms with Crippen molar-refractivity contribution in [2.24, 2.45) is 0 Å². The van der Waals surface area contributed by atoms with Crippen molar-refractivity contribution in [2.75, 3.05) is 75.7 Å². The van der Waals surface area contributed by atoms with Crippen molar-refractivity contribution >= 4 is 29.2 Å². The summed E-state index contributed by atoms with van der Waals surface area (Å²) in [7, 11) is 0. The van der Waals surface area contributed by atoms with Crippen molar-refractivity contribution in [1.29, 1.82) is 0 Å². The maximum atomic E-state index is 13.2. The molecule has 6 aliphatic rings. The number of amides is 3. The molecule has 3 N–H and O–H groups in total. The van der Waals surface area contributed by atoms with E-state index in [9.17, 15) is 19.5 Å². The number of carbonyl (C=O) groups is 3. The Morgan fingerprint density at radius 3 is 2.43 bits per heavy atom. The van der Waals surface area contributed by atoms with Gasteiger partial charge < -0.3 is 25.1 Å². The smallest absolute Gasteiger partial charge is 0.255 e. The number of piperazine rings is 1. The lowest BCUT2D eigenvalue weighted by molar-refractivity contribution is -0.136. The Balaban J connectivity index is 0.720. The second-order valence-electron chi connectivity index (χ2n) is 15.7. The highest BCUT2D eigenvalue weighted by Gasteiger charge is 2.40. The van der Waals surface area contributed by atoms with E-state index < -0.39 is 6.04 Å². The van der Waals surface area contributed by atoms with Crippen molar-refractivity contribution in [3.05, 3.63) is 65.2 Å². The van der Waals surface area contributed by atoms with Crippen LogP contribution in [0.5, 0.6) is 5.75 Å². The Hall–Kier alpha value is -4.59. The summed E-state index contributed by atoms with van der Waals surface area (Å²) in [6, 6.07) is 16.1. The van der Waals surface area contributed by atoms with Crippen molar-refractivity contribution in [2.45, 2.75) is 69.1 Å². The number of nitrogens with zero attached hydrogens (tertiary/aromatic N) is 7. The molecule has 0 aliphatic carbocycles. The fourth-order valence-electron chi connectivity index (χ4n) is 9.66. The molecule has 2 aromatic carbocycles. The second kappa shape index (κ2) is 14.3. The summed E-state index contributed by atoms with van der Waals surface area (Å²) in [6.07, 6.45) is 5.31. The molecule has 0 bridgehead atoms. The summed E-state index contributed by atoms with van der Waals surface area (Å²) in [5.41, 5.74) is 5.46. The fraction of sp³-hybridized carbons (Fsp3) is 0.525. The van der Waals surface area contributed by atoms with Crippen LogP contribution in [0.15, 0.2) is 48.5 Å². The van der Waals surface area contributed by atoms with Crippen LogP contribution in [0.3, 0.4) is 0 Å². The van der Waals surface area contributed by atoms with E-state index in [2.05, 4.69) is 58.6 Å². The lowest BCUT2D eigenvalue weighted by Crippen LogP contribution is -2.58. The number of aromatic hydroxyl groups is 1. The number of carbonyl (C=O) groups excluding carboxylic acids is 3. The van der Waals surface area contributed by atoms with Crippen LogP contribution in [-0.4, -0.2) is 136 Å². The van der Waals surface area contributed by atoms with Gasteiger partial charge in [-0.1, -0.05) is 24.3 Å². The van der Waals surface area contributed by atoms with Crippen LogP contribution in [0.1, 0.15) is 65.9 Å². The van der Waals surface area contributed by atoms with Crippen LogP contribution in [0.4, 0.5) is 11.5 Å². The summed E-state index contributed by atoms with van der Waals surface area (Å²) in [5.74, 6) is 0.797. The van der Waals surface area contributed by atoms with E-state index in [1.54, 1.807) is 11.0 Å². The minimum Gasteiger partial charge on any atom is -0.507 e. The highest BCUT2D eigenvalue weighted by atomic mass is 16.3. The maximum Gasteiger partial charge on any atom is 0.255 e. The number of nitrogens with one attached hydrogen (secondary N) is 2. The molecule has 0 radical (unpaired) electrons. The molecule has 3 amide bonds. The summed E-state index contributed by atoms with van der Waals surface area (Å²) in [4.78, 5) is 49.3. The predicted molar refractivity (Wildman–Crippen MR) is 201 cm³/mol. The van der Waals surface area contributed by atoms with Gasteiger partial charge in [0.15, 0.2) is 5.82 Å². The molecule has 4 saturated heterocycles. The Bertz CT molecular complexity index is 1900. The van der Waals surface area contributed by atoms with E-state index in [1.807, 2.05) is 24.3 Å². The number of phenolic OH excluding ortho intramolecular Hbond substituents is 1. The molecule has 53 heavy (non-hydrogen) atoms. The molecule has 1 aromatic heterocycles. The van der Waals surface area contributed by atoms with E-state index in [0.717, 1.165) is 88.8 Å². The van der Waals surface area contributed by atoms with E-state index >= 15 is 0 Å². The van der Waals surface area contributed by atoms with Crippen molar-refractivity contribution in [1.82, 2.24) is 35.1 Å². The summed E-state index contributed by atoms with van der Waals surface area (Å²) in [5, 5.41) is 25.1. The van der Waals surface area contributed by atoms with Gasteiger partial charge in [-0.05, 0) is 106 Å². The first-order valence-electron chi connectivity index (χ1n) is 19.5. The van der Waals surface area contributed by atoms with E-state index in [0.29, 0.717) is 47.8 Å². The van der Waals surface area contributed by atoms with E-state index in [4.69, 9.17) is 0 Å². The number of fused-ring (bicyclic) bond motifs is 4. The van der Waals surface area contributed by atoms with Gasteiger partial charge in [-0.2, -0.15) is 0 Å². The summed E-state index contributed by atoms with van der Waals surface area (Å²) in [6.45, 7) is 11.1. The Morgan fingerprint density at radius 1 is 0.792 bits per heavy atom. The molecular formula is C40H49N9O4. The number of piperidine rings is 2. The number of aromatic nitrogens is 2. The van der Waals surface area contributed by atoms with Gasteiger partial charge in [-0.15, -0.1) is 10.2 Å². The fourth-order valence-corrected chi connectivity index (χ4v) is 9.66. The molecule has 0 spiro atoms. The maximum absolute atomic E-state index is 13.2. The van der Waals surface area contributed by atoms with Gasteiger partial charge in [-0.25, -0.2) is 0 Å². The summed E-state index contributed by atoms with van der Waals surface area (Å²) >= 11 is 0. The third kappa shape index (κ3) is 6.74. The standard InChI is InChI=1S/C40H49N9O4/c50-36-5-2-1-4-32(36)33-21-35-38(44-43-33)41-22-30-25-46(18-19-48(30)35)14-3-13-45-15-12-29(24-45)47-16-10-26(11-17-47)27-6-7-31-28(20-27)23-49(40(31)53)34-8-9-37(51)42-39(34)52/h1-2,4-7,20-21,26,29-30,34,50H,3,8-19,22-25H2,(H,41,44)(H,42,51,52). The first-order chi connectivity index (χ1) is 25.9. The minimum atomic E-state index is -0.572. The van der Waals surface area contributed by atoms with Gasteiger partial charge in [0.25, 0.3) is 5.91 Å².